The van der Waals surface area contributed by atoms with Crippen LogP contribution in [0.3, 0.4) is 0 Å². The number of para-hydroxylation sites is 1. The number of pyridine rings is 1. The number of benzene rings is 1. The third-order valence-corrected chi connectivity index (χ3v) is 3.28. The van der Waals surface area contributed by atoms with Gasteiger partial charge in [-0.3, -0.25) is 4.98 Å². The van der Waals surface area contributed by atoms with Crippen molar-refractivity contribution >= 4 is 0 Å². The molecule has 0 atom stereocenters. The zero-order valence-electron chi connectivity index (χ0n) is 12.6. The summed E-state index contributed by atoms with van der Waals surface area (Å²) in [6.45, 7) is 7.19. The number of methoxy groups -OCH3 is 1. The molecular formula is C17H22N2O. The molecule has 1 N–H and O–H groups in total. The molecule has 0 spiro atoms. The Morgan fingerprint density at radius 2 is 1.90 bits per heavy atom. The summed E-state index contributed by atoms with van der Waals surface area (Å²) >= 11 is 0. The maximum Gasteiger partial charge on any atom is 0.128 e. The Labute approximate surface area is 121 Å². The highest BCUT2D eigenvalue weighted by atomic mass is 16.5. The van der Waals surface area contributed by atoms with Crippen LogP contribution >= 0.6 is 0 Å². The average molecular weight is 270 g/mol. The molecule has 20 heavy (non-hydrogen) atoms. The molecule has 0 radical (unpaired) electrons. The summed E-state index contributed by atoms with van der Waals surface area (Å²) in [6.07, 6.45) is 0. The second kappa shape index (κ2) is 6.53. The summed E-state index contributed by atoms with van der Waals surface area (Å²) in [5.41, 5.74) is 4.27. The number of ether oxygens (including phenoxy) is 1. The summed E-state index contributed by atoms with van der Waals surface area (Å²) in [5, 5.41) is 3.42. The van der Waals surface area contributed by atoms with Crippen LogP contribution in [0.15, 0.2) is 36.4 Å². The van der Waals surface area contributed by atoms with Crippen LogP contribution in [-0.2, 0) is 6.54 Å². The van der Waals surface area contributed by atoms with Crippen LogP contribution in [0, 0.1) is 6.92 Å². The molecule has 0 saturated heterocycles. The topological polar surface area (TPSA) is 34.1 Å². The number of aromatic nitrogens is 1. The number of nitrogens with one attached hydrogen (secondary N) is 1. The van der Waals surface area contributed by atoms with Gasteiger partial charge in [0.2, 0.25) is 0 Å². The molecule has 0 aliphatic rings. The van der Waals surface area contributed by atoms with Gasteiger partial charge in [-0.15, -0.1) is 0 Å². The molecule has 0 fully saturated rings. The van der Waals surface area contributed by atoms with Crippen LogP contribution in [0.5, 0.6) is 5.75 Å². The van der Waals surface area contributed by atoms with Crippen molar-refractivity contribution in [1.29, 1.82) is 0 Å². The maximum absolute atomic E-state index is 5.40. The van der Waals surface area contributed by atoms with Gasteiger partial charge in [0.25, 0.3) is 0 Å². The van der Waals surface area contributed by atoms with Crippen molar-refractivity contribution in [1.82, 2.24) is 10.3 Å². The van der Waals surface area contributed by atoms with Gasteiger partial charge in [-0.1, -0.05) is 32.0 Å². The van der Waals surface area contributed by atoms with Crippen LogP contribution in [0.2, 0.25) is 0 Å². The second-order valence-electron chi connectivity index (χ2n) is 5.18. The van der Waals surface area contributed by atoms with Gasteiger partial charge in [0.05, 0.1) is 12.8 Å². The molecular weight excluding hydrogens is 248 g/mol. The lowest BCUT2D eigenvalue weighted by atomic mass is 10.1. The third kappa shape index (κ3) is 3.36. The van der Waals surface area contributed by atoms with Crippen LogP contribution in [-0.4, -0.2) is 18.1 Å². The van der Waals surface area contributed by atoms with Crippen molar-refractivity contribution in [3.8, 4) is 17.0 Å². The molecule has 0 amide bonds. The molecule has 1 heterocycles. The van der Waals surface area contributed by atoms with Crippen molar-refractivity contribution in [3.05, 3.63) is 47.7 Å². The van der Waals surface area contributed by atoms with E-state index in [2.05, 4.69) is 38.2 Å². The first kappa shape index (κ1) is 14.5. The highest BCUT2D eigenvalue weighted by Crippen LogP contribution is 2.28. The van der Waals surface area contributed by atoms with Gasteiger partial charge in [0.1, 0.15) is 5.75 Å². The molecule has 0 saturated carbocycles. The standard InChI is InChI=1S/C17H22N2O/c1-12(2)18-11-14-9-10-16(19-13(14)3)15-7-5-6-8-17(15)20-4/h5-10,12,18H,11H2,1-4H3. The lowest BCUT2D eigenvalue weighted by Crippen LogP contribution is -2.22. The Morgan fingerprint density at radius 3 is 2.55 bits per heavy atom. The fourth-order valence-corrected chi connectivity index (χ4v) is 2.10. The summed E-state index contributed by atoms with van der Waals surface area (Å²) in [6, 6.07) is 12.6. The Hall–Kier alpha value is -1.87. The van der Waals surface area contributed by atoms with Crippen molar-refractivity contribution in [3.63, 3.8) is 0 Å². The molecule has 3 nitrogen and oxygen atoms in total. The Morgan fingerprint density at radius 1 is 1.15 bits per heavy atom. The first-order valence-electron chi connectivity index (χ1n) is 6.95. The minimum atomic E-state index is 0.475. The van der Waals surface area contributed by atoms with Gasteiger partial charge < -0.3 is 10.1 Å². The van der Waals surface area contributed by atoms with Crippen LogP contribution in [0.4, 0.5) is 0 Å². The molecule has 106 valence electrons. The highest BCUT2D eigenvalue weighted by Gasteiger charge is 2.08. The molecule has 0 bridgehead atoms. The first-order chi connectivity index (χ1) is 9.61. The molecule has 1 aromatic heterocycles. The van der Waals surface area contributed by atoms with E-state index in [0.29, 0.717) is 6.04 Å². The first-order valence-corrected chi connectivity index (χ1v) is 6.95. The van der Waals surface area contributed by atoms with Gasteiger partial charge >= 0.3 is 0 Å². The third-order valence-electron chi connectivity index (χ3n) is 3.28. The number of rotatable bonds is 5. The second-order valence-corrected chi connectivity index (χ2v) is 5.18. The number of aryl methyl sites for hydroxylation is 1. The van der Waals surface area contributed by atoms with Crippen molar-refractivity contribution < 1.29 is 4.74 Å². The molecule has 0 aliphatic heterocycles. The molecule has 2 rings (SSSR count). The van der Waals surface area contributed by atoms with Crippen LogP contribution in [0.25, 0.3) is 11.3 Å². The Balaban J connectivity index is 2.28. The number of hydrogen-bond acceptors (Lipinski definition) is 3. The largest absolute Gasteiger partial charge is 0.496 e. The monoisotopic (exact) mass is 270 g/mol. The smallest absolute Gasteiger partial charge is 0.128 e. The Bertz CT molecular complexity index is 579. The van der Waals surface area contributed by atoms with Crippen molar-refractivity contribution in [2.45, 2.75) is 33.4 Å². The average Bonchev–Trinajstić information content (AvgIpc) is 2.45. The van der Waals surface area contributed by atoms with E-state index < -0.39 is 0 Å². The van der Waals surface area contributed by atoms with Gasteiger partial charge in [0.15, 0.2) is 0 Å². The summed E-state index contributed by atoms with van der Waals surface area (Å²) in [5.74, 6) is 0.854. The lowest BCUT2D eigenvalue weighted by molar-refractivity contribution is 0.416. The van der Waals surface area contributed by atoms with E-state index in [4.69, 9.17) is 9.72 Å². The zero-order chi connectivity index (χ0) is 14.5. The van der Waals surface area contributed by atoms with Crippen LogP contribution < -0.4 is 10.1 Å². The Kier molecular flexibility index (Phi) is 4.74. The highest BCUT2D eigenvalue weighted by molar-refractivity contribution is 5.67. The predicted molar refractivity (Wildman–Crippen MR) is 82.9 cm³/mol. The van der Waals surface area contributed by atoms with E-state index >= 15 is 0 Å². The molecule has 0 unspecified atom stereocenters. The fraction of sp³-hybridized carbons (Fsp3) is 0.353. The zero-order valence-corrected chi connectivity index (χ0v) is 12.6. The number of hydrogen-bond donors (Lipinski definition) is 1. The van der Waals surface area contributed by atoms with Crippen molar-refractivity contribution in [2.24, 2.45) is 0 Å². The molecule has 0 aliphatic carbocycles. The van der Waals surface area contributed by atoms with E-state index in [1.165, 1.54) is 5.56 Å². The maximum atomic E-state index is 5.40. The van der Waals surface area contributed by atoms with Gasteiger partial charge in [-0.2, -0.15) is 0 Å². The predicted octanol–water partition coefficient (Wildman–Crippen LogP) is 3.56. The van der Waals surface area contributed by atoms with E-state index in [1.54, 1.807) is 7.11 Å². The fourth-order valence-electron chi connectivity index (χ4n) is 2.10. The SMILES string of the molecule is COc1ccccc1-c1ccc(CNC(C)C)c(C)n1. The summed E-state index contributed by atoms with van der Waals surface area (Å²) in [4.78, 5) is 4.71. The van der Waals surface area contributed by atoms with Gasteiger partial charge in [0, 0.05) is 23.8 Å². The molecule has 2 aromatic rings. The van der Waals surface area contributed by atoms with Gasteiger partial charge in [-0.05, 0) is 30.7 Å². The lowest BCUT2D eigenvalue weighted by Gasteiger charge is -2.12. The number of nitrogens with zero attached hydrogens (tertiary/aromatic N) is 1. The van der Waals surface area contributed by atoms with E-state index in [9.17, 15) is 0 Å². The minimum Gasteiger partial charge on any atom is -0.496 e. The molecule has 3 heteroatoms. The van der Waals surface area contributed by atoms with E-state index in [0.717, 1.165) is 29.2 Å². The normalized spacial score (nSPS) is 10.8. The van der Waals surface area contributed by atoms with Gasteiger partial charge in [-0.25, -0.2) is 0 Å². The minimum absolute atomic E-state index is 0.475. The van der Waals surface area contributed by atoms with E-state index in [-0.39, 0.29) is 0 Å². The summed E-state index contributed by atoms with van der Waals surface area (Å²) in [7, 11) is 1.69. The summed E-state index contributed by atoms with van der Waals surface area (Å²) < 4.78 is 5.40. The molecule has 1 aromatic carbocycles. The van der Waals surface area contributed by atoms with Crippen LogP contribution in [0.1, 0.15) is 25.1 Å². The quantitative estimate of drug-likeness (QED) is 0.902. The van der Waals surface area contributed by atoms with Crippen molar-refractivity contribution in [2.75, 3.05) is 7.11 Å². The van der Waals surface area contributed by atoms with E-state index in [1.807, 2.05) is 24.3 Å².